The van der Waals surface area contributed by atoms with Crippen molar-refractivity contribution in [2.75, 3.05) is 5.75 Å². The van der Waals surface area contributed by atoms with Gasteiger partial charge in [-0.2, -0.15) is 0 Å². The van der Waals surface area contributed by atoms with E-state index in [0.29, 0.717) is 0 Å². The van der Waals surface area contributed by atoms with E-state index in [0.717, 1.165) is 22.6 Å². The second-order valence-electron chi connectivity index (χ2n) is 4.04. The summed E-state index contributed by atoms with van der Waals surface area (Å²) in [6.45, 7) is 1.58. The SMILES string of the molecule is CC(=O)SCC=Cc1ccc(-c2ccccn2)cc1. The monoisotopic (exact) mass is 269 g/mol. The number of hydrogen-bond acceptors (Lipinski definition) is 3. The summed E-state index contributed by atoms with van der Waals surface area (Å²) in [5.41, 5.74) is 3.21. The Balaban J connectivity index is 2.01. The third kappa shape index (κ3) is 4.38. The molecule has 0 fully saturated rings. The predicted octanol–water partition coefficient (Wildman–Crippen LogP) is 4.04. The topological polar surface area (TPSA) is 30.0 Å². The fourth-order valence-electron chi connectivity index (χ4n) is 1.65. The van der Waals surface area contributed by atoms with E-state index in [2.05, 4.69) is 29.2 Å². The van der Waals surface area contributed by atoms with E-state index in [9.17, 15) is 4.79 Å². The summed E-state index contributed by atoms with van der Waals surface area (Å²) in [7, 11) is 0. The minimum absolute atomic E-state index is 0.148. The minimum Gasteiger partial charge on any atom is -0.288 e. The third-order valence-electron chi connectivity index (χ3n) is 2.56. The molecule has 0 unspecified atom stereocenters. The summed E-state index contributed by atoms with van der Waals surface area (Å²) in [4.78, 5) is 15.1. The molecule has 96 valence electrons. The van der Waals surface area contributed by atoms with Gasteiger partial charge in [-0.05, 0) is 17.7 Å². The maximum Gasteiger partial charge on any atom is 0.186 e. The summed E-state index contributed by atoms with van der Waals surface area (Å²) in [6.07, 6.45) is 5.82. The third-order valence-corrected chi connectivity index (χ3v) is 3.33. The average molecular weight is 269 g/mol. The molecule has 3 heteroatoms. The molecule has 0 saturated heterocycles. The molecule has 0 amide bonds. The first kappa shape index (κ1) is 13.6. The van der Waals surface area contributed by atoms with Crippen LogP contribution in [0.2, 0.25) is 0 Å². The molecule has 1 heterocycles. The molecule has 0 aliphatic heterocycles. The Morgan fingerprint density at radius 1 is 1.21 bits per heavy atom. The minimum atomic E-state index is 0.148. The van der Waals surface area contributed by atoms with Crippen LogP contribution in [0, 0.1) is 0 Å². The second-order valence-corrected chi connectivity index (χ2v) is 5.24. The van der Waals surface area contributed by atoms with Crippen LogP contribution in [0.4, 0.5) is 0 Å². The van der Waals surface area contributed by atoms with Crippen LogP contribution in [0.1, 0.15) is 12.5 Å². The quantitative estimate of drug-likeness (QED) is 0.839. The van der Waals surface area contributed by atoms with E-state index >= 15 is 0 Å². The van der Waals surface area contributed by atoms with Gasteiger partial charge >= 0.3 is 0 Å². The van der Waals surface area contributed by atoms with E-state index in [-0.39, 0.29) is 5.12 Å². The van der Waals surface area contributed by atoms with Crippen molar-refractivity contribution < 1.29 is 4.79 Å². The van der Waals surface area contributed by atoms with Gasteiger partial charge in [-0.3, -0.25) is 9.78 Å². The van der Waals surface area contributed by atoms with Crippen molar-refractivity contribution in [1.29, 1.82) is 0 Å². The zero-order valence-corrected chi connectivity index (χ0v) is 11.6. The lowest BCUT2D eigenvalue weighted by molar-refractivity contribution is -0.109. The molecule has 2 rings (SSSR count). The van der Waals surface area contributed by atoms with Gasteiger partial charge in [0.05, 0.1) is 5.69 Å². The van der Waals surface area contributed by atoms with E-state index in [1.807, 2.05) is 30.4 Å². The van der Waals surface area contributed by atoms with Crippen LogP contribution in [0.3, 0.4) is 0 Å². The highest BCUT2D eigenvalue weighted by molar-refractivity contribution is 8.13. The maximum absolute atomic E-state index is 10.8. The highest BCUT2D eigenvalue weighted by Crippen LogP contribution is 2.17. The fraction of sp³-hybridized carbons (Fsp3) is 0.125. The van der Waals surface area contributed by atoms with E-state index in [4.69, 9.17) is 0 Å². The van der Waals surface area contributed by atoms with Gasteiger partial charge in [0.15, 0.2) is 5.12 Å². The number of thioether (sulfide) groups is 1. The van der Waals surface area contributed by atoms with Gasteiger partial charge in [0.25, 0.3) is 0 Å². The molecule has 2 nitrogen and oxygen atoms in total. The molecule has 0 N–H and O–H groups in total. The molecule has 0 aliphatic carbocycles. The van der Waals surface area contributed by atoms with Crippen molar-refractivity contribution in [3.63, 3.8) is 0 Å². The number of carbonyl (C=O) groups is 1. The van der Waals surface area contributed by atoms with Crippen molar-refractivity contribution in [2.24, 2.45) is 0 Å². The smallest absolute Gasteiger partial charge is 0.186 e. The van der Waals surface area contributed by atoms with Crippen molar-refractivity contribution in [3.8, 4) is 11.3 Å². The summed E-state index contributed by atoms with van der Waals surface area (Å²) in [6, 6.07) is 14.1. The van der Waals surface area contributed by atoms with Crippen LogP contribution >= 0.6 is 11.8 Å². The highest BCUT2D eigenvalue weighted by atomic mass is 32.2. The lowest BCUT2D eigenvalue weighted by Gasteiger charge is -2.00. The Morgan fingerprint density at radius 2 is 2.00 bits per heavy atom. The average Bonchev–Trinajstić information content (AvgIpc) is 2.45. The summed E-state index contributed by atoms with van der Waals surface area (Å²) in [5.74, 6) is 0.720. The molecule has 0 aliphatic rings. The van der Waals surface area contributed by atoms with Crippen LogP contribution in [0.5, 0.6) is 0 Å². The van der Waals surface area contributed by atoms with Crippen LogP contribution in [0.25, 0.3) is 17.3 Å². The zero-order chi connectivity index (χ0) is 13.5. The molecular formula is C16H15NOS. The summed E-state index contributed by atoms with van der Waals surface area (Å²) in [5, 5.41) is 0.148. The number of pyridine rings is 1. The Morgan fingerprint density at radius 3 is 2.63 bits per heavy atom. The van der Waals surface area contributed by atoms with Crippen molar-refractivity contribution in [3.05, 3.63) is 60.3 Å². The van der Waals surface area contributed by atoms with Crippen LogP contribution < -0.4 is 0 Å². The van der Waals surface area contributed by atoms with Crippen LogP contribution in [-0.2, 0) is 4.79 Å². The molecule has 1 aromatic heterocycles. The van der Waals surface area contributed by atoms with Crippen LogP contribution in [0.15, 0.2) is 54.7 Å². The zero-order valence-electron chi connectivity index (χ0n) is 10.7. The van der Waals surface area contributed by atoms with Gasteiger partial charge < -0.3 is 0 Å². The van der Waals surface area contributed by atoms with Gasteiger partial charge in [-0.25, -0.2) is 0 Å². The molecule has 0 spiro atoms. The van der Waals surface area contributed by atoms with Gasteiger partial charge in [0.1, 0.15) is 0 Å². The normalized spacial score (nSPS) is 10.8. The number of nitrogens with zero attached hydrogens (tertiary/aromatic N) is 1. The highest BCUT2D eigenvalue weighted by Gasteiger charge is 1.97. The van der Waals surface area contributed by atoms with Crippen molar-refractivity contribution >= 4 is 23.0 Å². The molecule has 0 saturated carbocycles. The molecular weight excluding hydrogens is 254 g/mol. The number of hydrogen-bond donors (Lipinski definition) is 0. The Hall–Kier alpha value is -1.87. The lowest BCUT2D eigenvalue weighted by atomic mass is 10.1. The van der Waals surface area contributed by atoms with E-state index in [1.54, 1.807) is 13.1 Å². The van der Waals surface area contributed by atoms with Gasteiger partial charge in [0, 0.05) is 24.4 Å². The molecule has 1 aromatic carbocycles. The Labute approximate surface area is 117 Å². The molecule has 19 heavy (non-hydrogen) atoms. The van der Waals surface area contributed by atoms with E-state index in [1.165, 1.54) is 11.8 Å². The molecule has 2 aromatic rings. The predicted molar refractivity (Wildman–Crippen MR) is 81.8 cm³/mol. The van der Waals surface area contributed by atoms with Crippen LogP contribution in [-0.4, -0.2) is 15.9 Å². The largest absolute Gasteiger partial charge is 0.288 e. The first-order valence-electron chi connectivity index (χ1n) is 6.07. The number of aromatic nitrogens is 1. The van der Waals surface area contributed by atoms with Gasteiger partial charge in [-0.1, -0.05) is 54.2 Å². The van der Waals surface area contributed by atoms with E-state index < -0.39 is 0 Å². The summed E-state index contributed by atoms with van der Waals surface area (Å²) >= 11 is 1.31. The molecule has 0 radical (unpaired) electrons. The fourth-order valence-corrected chi connectivity index (χ4v) is 2.08. The van der Waals surface area contributed by atoms with Gasteiger partial charge in [0.2, 0.25) is 0 Å². The Kier molecular flexibility index (Phi) is 4.93. The Bertz CT molecular complexity index is 561. The van der Waals surface area contributed by atoms with Crippen molar-refractivity contribution in [2.45, 2.75) is 6.92 Å². The second kappa shape index (κ2) is 6.90. The summed E-state index contributed by atoms with van der Waals surface area (Å²) < 4.78 is 0. The first-order valence-corrected chi connectivity index (χ1v) is 7.05. The molecule has 0 atom stereocenters. The van der Waals surface area contributed by atoms with Gasteiger partial charge in [-0.15, -0.1) is 0 Å². The number of rotatable bonds is 4. The van der Waals surface area contributed by atoms with Crippen molar-refractivity contribution in [1.82, 2.24) is 4.98 Å². The standard InChI is InChI=1S/C16H15NOS/c1-13(18)19-12-4-5-14-7-9-15(10-8-14)16-6-2-3-11-17-16/h2-11H,12H2,1H3. The number of carbonyl (C=O) groups excluding carboxylic acids is 1. The maximum atomic E-state index is 10.8. The first-order chi connectivity index (χ1) is 9.25. The lowest BCUT2D eigenvalue weighted by Crippen LogP contribution is -1.83. The number of benzene rings is 1. The molecule has 0 bridgehead atoms.